The summed E-state index contributed by atoms with van der Waals surface area (Å²) in [6.07, 6.45) is 2.34. The Morgan fingerprint density at radius 1 is 1.55 bits per heavy atom. The molecule has 1 amide bonds. The predicted molar refractivity (Wildman–Crippen MR) is 72.5 cm³/mol. The van der Waals surface area contributed by atoms with Gasteiger partial charge in [-0.2, -0.15) is 5.26 Å². The molecule has 1 N–H and O–H groups in total. The van der Waals surface area contributed by atoms with Crippen molar-refractivity contribution >= 4 is 11.6 Å². The van der Waals surface area contributed by atoms with Gasteiger partial charge < -0.3 is 14.5 Å². The van der Waals surface area contributed by atoms with Gasteiger partial charge in [0.15, 0.2) is 5.82 Å². The smallest absolute Gasteiger partial charge is 0.286 e. The van der Waals surface area contributed by atoms with E-state index in [2.05, 4.69) is 10.3 Å². The second-order valence-electron chi connectivity index (χ2n) is 4.36. The first-order chi connectivity index (χ1) is 10.5. The highest BCUT2D eigenvalue weighted by molar-refractivity contribution is 6.03. The van der Waals surface area contributed by atoms with Crippen molar-refractivity contribution < 1.29 is 13.6 Å². The Labute approximate surface area is 123 Å². The van der Waals surface area contributed by atoms with Crippen LogP contribution in [0.2, 0.25) is 0 Å². The molecule has 0 aliphatic carbocycles. The molecule has 0 aliphatic heterocycles. The van der Waals surface area contributed by atoms with Crippen LogP contribution in [0.25, 0.3) is 0 Å². The highest BCUT2D eigenvalue weighted by atomic mass is 19.1. The molecule has 7 nitrogen and oxygen atoms in total. The summed E-state index contributed by atoms with van der Waals surface area (Å²) in [6.45, 7) is -1.16. The molecule has 0 aromatic carbocycles. The van der Waals surface area contributed by atoms with Gasteiger partial charge in [-0.3, -0.25) is 9.59 Å². The Hall–Kier alpha value is -3.02. The van der Waals surface area contributed by atoms with Crippen LogP contribution in [0, 0.1) is 17.1 Å². The van der Waals surface area contributed by atoms with Crippen LogP contribution in [0.5, 0.6) is 0 Å². The van der Waals surface area contributed by atoms with E-state index >= 15 is 0 Å². The van der Waals surface area contributed by atoms with Crippen LogP contribution in [-0.2, 0) is 13.6 Å². The zero-order valence-corrected chi connectivity index (χ0v) is 11.5. The molecule has 0 fully saturated rings. The standard InChI is InChI=1S/C13H11F2N5O2/c1-19-10(6-17-11(19)5-16)12(21)18-8-4-9(15)13(22)20(7-8)3-2-14/h4,6-7H,2-3H2,1H3,(H,18,21). The largest absolute Gasteiger partial charge is 0.319 e. The van der Waals surface area contributed by atoms with Crippen molar-refractivity contribution in [1.82, 2.24) is 14.1 Å². The van der Waals surface area contributed by atoms with E-state index < -0.39 is 24.0 Å². The van der Waals surface area contributed by atoms with Crippen molar-refractivity contribution in [2.24, 2.45) is 7.05 Å². The summed E-state index contributed by atoms with van der Waals surface area (Å²) in [6, 6.07) is 2.65. The zero-order chi connectivity index (χ0) is 16.3. The SMILES string of the molecule is Cn1c(C(=O)Nc2cc(F)c(=O)n(CCF)c2)cnc1C#N. The van der Waals surface area contributed by atoms with E-state index in [0.717, 1.165) is 16.8 Å². The number of carbonyl (C=O) groups is 1. The van der Waals surface area contributed by atoms with E-state index in [9.17, 15) is 18.4 Å². The number of aryl methyl sites for hydroxylation is 1. The van der Waals surface area contributed by atoms with Crippen LogP contribution in [-0.4, -0.2) is 26.7 Å². The first-order valence-corrected chi connectivity index (χ1v) is 6.17. The minimum Gasteiger partial charge on any atom is -0.319 e. The lowest BCUT2D eigenvalue weighted by Gasteiger charge is -2.09. The fraction of sp³-hybridized carbons (Fsp3) is 0.231. The van der Waals surface area contributed by atoms with Gasteiger partial charge >= 0.3 is 0 Å². The number of nitrogens with one attached hydrogen (secondary N) is 1. The third kappa shape index (κ3) is 2.85. The van der Waals surface area contributed by atoms with Gasteiger partial charge in [0.05, 0.1) is 18.4 Å². The van der Waals surface area contributed by atoms with Gasteiger partial charge in [0.1, 0.15) is 18.4 Å². The van der Waals surface area contributed by atoms with Gasteiger partial charge in [-0.15, -0.1) is 0 Å². The lowest BCUT2D eigenvalue weighted by molar-refractivity contribution is 0.101. The number of nitrogens with zero attached hydrogens (tertiary/aromatic N) is 4. The first-order valence-electron chi connectivity index (χ1n) is 6.17. The molecule has 0 saturated carbocycles. The van der Waals surface area contributed by atoms with Crippen molar-refractivity contribution in [1.29, 1.82) is 5.26 Å². The van der Waals surface area contributed by atoms with Crippen molar-refractivity contribution in [2.45, 2.75) is 6.54 Å². The van der Waals surface area contributed by atoms with E-state index in [1.54, 1.807) is 6.07 Å². The van der Waals surface area contributed by atoms with E-state index in [1.807, 2.05) is 0 Å². The second-order valence-corrected chi connectivity index (χ2v) is 4.36. The summed E-state index contributed by atoms with van der Waals surface area (Å²) in [7, 11) is 1.48. The molecule has 2 aromatic rings. The molecule has 9 heteroatoms. The zero-order valence-electron chi connectivity index (χ0n) is 11.5. The number of nitriles is 1. The minimum absolute atomic E-state index is 0.00439. The molecule has 2 aromatic heterocycles. The maximum atomic E-state index is 13.5. The van der Waals surface area contributed by atoms with Gasteiger partial charge in [0, 0.05) is 19.3 Å². The van der Waals surface area contributed by atoms with Crippen LogP contribution < -0.4 is 10.9 Å². The highest BCUT2D eigenvalue weighted by Gasteiger charge is 2.15. The Kier molecular flexibility index (Phi) is 4.31. The lowest BCUT2D eigenvalue weighted by Crippen LogP contribution is -2.25. The van der Waals surface area contributed by atoms with Crippen LogP contribution in [0.3, 0.4) is 0 Å². The van der Waals surface area contributed by atoms with Crippen LogP contribution in [0.15, 0.2) is 23.3 Å². The van der Waals surface area contributed by atoms with Gasteiger partial charge in [0.2, 0.25) is 5.82 Å². The Morgan fingerprint density at radius 2 is 2.27 bits per heavy atom. The van der Waals surface area contributed by atoms with Gasteiger partial charge in [0.25, 0.3) is 11.5 Å². The quantitative estimate of drug-likeness (QED) is 0.905. The molecule has 0 aliphatic rings. The summed E-state index contributed by atoms with van der Waals surface area (Å²) < 4.78 is 27.9. The van der Waals surface area contributed by atoms with Gasteiger partial charge in [-0.05, 0) is 0 Å². The predicted octanol–water partition coefficient (Wildman–Crippen LogP) is 0.814. The molecule has 114 valence electrons. The third-order valence-corrected chi connectivity index (χ3v) is 2.95. The number of hydrogen-bond acceptors (Lipinski definition) is 4. The molecule has 0 unspecified atom stereocenters. The number of anilines is 1. The number of carbonyl (C=O) groups excluding carboxylic acids is 1. The molecular formula is C13H11F2N5O2. The monoisotopic (exact) mass is 307 g/mol. The fourth-order valence-electron chi connectivity index (χ4n) is 1.84. The maximum absolute atomic E-state index is 13.5. The molecule has 0 saturated heterocycles. The third-order valence-electron chi connectivity index (χ3n) is 2.95. The van der Waals surface area contributed by atoms with E-state index in [0.29, 0.717) is 0 Å². The number of halogens is 2. The molecule has 22 heavy (non-hydrogen) atoms. The summed E-state index contributed by atoms with van der Waals surface area (Å²) in [4.78, 5) is 27.2. The van der Waals surface area contributed by atoms with Crippen LogP contribution >= 0.6 is 0 Å². The topological polar surface area (TPSA) is 92.7 Å². The molecular weight excluding hydrogens is 296 g/mol. The van der Waals surface area contributed by atoms with E-state index in [1.165, 1.54) is 17.8 Å². The van der Waals surface area contributed by atoms with Crippen molar-refractivity contribution in [2.75, 3.05) is 12.0 Å². The van der Waals surface area contributed by atoms with Crippen molar-refractivity contribution in [3.05, 3.63) is 46.1 Å². The number of pyridine rings is 1. The molecule has 0 spiro atoms. The average Bonchev–Trinajstić information content (AvgIpc) is 2.85. The molecule has 2 rings (SSSR count). The Balaban J connectivity index is 2.30. The average molecular weight is 307 g/mol. The second kappa shape index (κ2) is 6.17. The fourth-order valence-corrected chi connectivity index (χ4v) is 1.84. The van der Waals surface area contributed by atoms with Crippen molar-refractivity contribution in [3.63, 3.8) is 0 Å². The van der Waals surface area contributed by atoms with Crippen molar-refractivity contribution in [3.8, 4) is 6.07 Å². The number of amides is 1. The number of rotatable bonds is 4. The van der Waals surface area contributed by atoms with Crippen LogP contribution in [0.1, 0.15) is 16.3 Å². The van der Waals surface area contributed by atoms with E-state index in [-0.39, 0.29) is 23.8 Å². The molecule has 0 radical (unpaired) electrons. The number of hydrogen-bond donors (Lipinski definition) is 1. The molecule has 0 bridgehead atoms. The highest BCUT2D eigenvalue weighted by Crippen LogP contribution is 2.10. The van der Waals surface area contributed by atoms with Gasteiger partial charge in [-0.1, -0.05) is 0 Å². The summed E-state index contributed by atoms with van der Waals surface area (Å²) in [5.74, 6) is -1.70. The normalized spacial score (nSPS) is 10.3. The lowest BCUT2D eigenvalue weighted by atomic mass is 10.3. The number of alkyl halides is 1. The minimum atomic E-state index is -1.10. The van der Waals surface area contributed by atoms with E-state index in [4.69, 9.17) is 5.26 Å². The maximum Gasteiger partial charge on any atom is 0.286 e. The Bertz CT molecular complexity index is 819. The summed E-state index contributed by atoms with van der Waals surface area (Å²) in [5.41, 5.74) is -0.890. The summed E-state index contributed by atoms with van der Waals surface area (Å²) >= 11 is 0. The van der Waals surface area contributed by atoms with Gasteiger partial charge in [-0.25, -0.2) is 13.8 Å². The number of aromatic nitrogens is 3. The molecule has 2 heterocycles. The Morgan fingerprint density at radius 3 is 2.86 bits per heavy atom. The van der Waals surface area contributed by atoms with Crippen LogP contribution in [0.4, 0.5) is 14.5 Å². The molecule has 0 atom stereocenters. The number of imidazole rings is 1. The first kappa shape index (κ1) is 15.4. The summed E-state index contributed by atoms with van der Waals surface area (Å²) in [5, 5.41) is 11.1.